The number of nitrogens with zero attached hydrogens (tertiary/aromatic N) is 8. The first-order chi connectivity index (χ1) is 23.3. The van der Waals surface area contributed by atoms with E-state index in [1.807, 2.05) is 42.0 Å². The third-order valence-electron chi connectivity index (χ3n) is 9.75. The smallest absolute Gasteiger partial charge is 0.161 e. The maximum Gasteiger partial charge on any atom is 0.161 e. The Kier molecular flexibility index (Phi) is 8.36. The van der Waals surface area contributed by atoms with E-state index in [0.717, 1.165) is 46.7 Å². The van der Waals surface area contributed by atoms with Gasteiger partial charge in [0.05, 0.1) is 56.1 Å². The largest absolute Gasteiger partial charge is 0.322 e. The van der Waals surface area contributed by atoms with Crippen LogP contribution in [0.15, 0.2) is 117 Å². The highest BCUT2D eigenvalue weighted by molar-refractivity contribution is 5.94. The topological polar surface area (TPSA) is 72.3 Å². The molecule has 0 amide bonds. The SMILES string of the molecule is CON1C=C2C=NC3=C(N2C1)N(c1ccccc1)CC(C)=C3C.CON1C=C2C=Nc3c(nc(C(C)c4ccccc4)c(C)c3C)N2C1. The van der Waals surface area contributed by atoms with Crippen LogP contribution in [0.25, 0.3) is 0 Å². The second kappa shape index (κ2) is 12.8. The minimum Gasteiger partial charge on any atom is -0.322 e. The number of aromatic nitrogens is 1. The van der Waals surface area contributed by atoms with Crippen molar-refractivity contribution < 1.29 is 9.68 Å². The minimum atomic E-state index is 0.227. The summed E-state index contributed by atoms with van der Waals surface area (Å²) >= 11 is 0. The Balaban J connectivity index is 0.000000152. The van der Waals surface area contributed by atoms with E-state index in [1.165, 1.54) is 33.5 Å². The van der Waals surface area contributed by atoms with Crippen LogP contribution in [0.5, 0.6) is 0 Å². The van der Waals surface area contributed by atoms with Crippen LogP contribution in [0, 0.1) is 13.8 Å². The third kappa shape index (κ3) is 5.46. The van der Waals surface area contributed by atoms with E-state index in [4.69, 9.17) is 19.7 Å². The predicted octanol–water partition coefficient (Wildman–Crippen LogP) is 7.12. The van der Waals surface area contributed by atoms with Crippen molar-refractivity contribution >= 4 is 29.6 Å². The molecule has 5 aliphatic heterocycles. The molecule has 2 aromatic carbocycles. The fourth-order valence-electron chi connectivity index (χ4n) is 6.66. The van der Waals surface area contributed by atoms with E-state index in [2.05, 4.69) is 103 Å². The van der Waals surface area contributed by atoms with E-state index in [1.54, 1.807) is 19.3 Å². The van der Waals surface area contributed by atoms with Gasteiger partial charge in [0, 0.05) is 18.2 Å². The number of fused-ring (bicyclic) bond motifs is 5. The van der Waals surface area contributed by atoms with Gasteiger partial charge in [-0.2, -0.15) is 0 Å². The normalized spacial score (nSPS) is 18.3. The number of allylic oxidation sites excluding steroid dienone is 3. The van der Waals surface area contributed by atoms with Crippen LogP contribution in [0.4, 0.5) is 17.2 Å². The van der Waals surface area contributed by atoms with E-state index in [0.29, 0.717) is 13.3 Å². The Morgan fingerprint density at radius 2 is 1.31 bits per heavy atom. The summed E-state index contributed by atoms with van der Waals surface area (Å²) in [5.74, 6) is 2.27. The van der Waals surface area contributed by atoms with Crippen LogP contribution in [0.1, 0.15) is 49.1 Å². The molecule has 0 N–H and O–H groups in total. The van der Waals surface area contributed by atoms with Crippen LogP contribution in [-0.2, 0) is 9.68 Å². The monoisotopic (exact) mass is 642 g/mol. The summed E-state index contributed by atoms with van der Waals surface area (Å²) in [4.78, 5) is 31.9. The number of rotatable bonds is 5. The van der Waals surface area contributed by atoms with Gasteiger partial charge in [-0.05, 0) is 67.7 Å². The maximum atomic E-state index is 5.37. The summed E-state index contributed by atoms with van der Waals surface area (Å²) in [6.45, 7) is 13.0. The lowest BCUT2D eigenvalue weighted by Crippen LogP contribution is -2.41. The second-order valence-electron chi connectivity index (χ2n) is 12.5. The Labute approximate surface area is 282 Å². The molecule has 0 saturated carbocycles. The van der Waals surface area contributed by atoms with Crippen molar-refractivity contribution in [2.45, 2.75) is 40.5 Å². The van der Waals surface area contributed by atoms with E-state index in [9.17, 15) is 0 Å². The molecule has 0 bridgehead atoms. The van der Waals surface area contributed by atoms with Crippen molar-refractivity contribution in [2.75, 3.05) is 43.9 Å². The number of para-hydroxylation sites is 1. The van der Waals surface area contributed by atoms with Gasteiger partial charge in [-0.25, -0.2) is 15.1 Å². The van der Waals surface area contributed by atoms with Crippen molar-refractivity contribution in [1.29, 1.82) is 0 Å². The Morgan fingerprint density at radius 3 is 1.98 bits per heavy atom. The van der Waals surface area contributed by atoms with Gasteiger partial charge in [-0.1, -0.05) is 55.5 Å². The number of benzene rings is 2. The van der Waals surface area contributed by atoms with Gasteiger partial charge >= 0.3 is 0 Å². The predicted molar refractivity (Wildman–Crippen MR) is 191 cm³/mol. The molecule has 246 valence electrons. The molecule has 0 radical (unpaired) electrons. The molecule has 48 heavy (non-hydrogen) atoms. The highest BCUT2D eigenvalue weighted by Crippen LogP contribution is 2.42. The molecule has 3 aromatic rings. The number of pyridine rings is 1. The quantitative estimate of drug-likeness (QED) is 0.291. The van der Waals surface area contributed by atoms with Crippen LogP contribution >= 0.6 is 0 Å². The van der Waals surface area contributed by atoms with E-state index >= 15 is 0 Å². The summed E-state index contributed by atoms with van der Waals surface area (Å²) in [7, 11) is 3.36. The zero-order valence-electron chi connectivity index (χ0n) is 28.7. The van der Waals surface area contributed by atoms with E-state index < -0.39 is 0 Å². The first-order valence-corrected chi connectivity index (χ1v) is 16.3. The summed E-state index contributed by atoms with van der Waals surface area (Å²) < 4.78 is 0. The Morgan fingerprint density at radius 1 is 0.708 bits per heavy atom. The number of hydroxylamine groups is 4. The van der Waals surface area contributed by atoms with Crippen molar-refractivity contribution in [3.05, 3.63) is 130 Å². The fraction of sp³-hybridized carbons (Fsp3) is 0.289. The molecule has 10 heteroatoms. The first-order valence-electron chi connectivity index (χ1n) is 16.3. The highest BCUT2D eigenvalue weighted by Gasteiger charge is 2.36. The lowest BCUT2D eigenvalue weighted by molar-refractivity contribution is -0.0951. The third-order valence-corrected chi connectivity index (χ3v) is 9.75. The number of aliphatic imine (C=N–C) groups is 2. The van der Waals surface area contributed by atoms with Gasteiger partial charge in [0.15, 0.2) is 5.82 Å². The molecule has 5 aliphatic rings. The Hall–Kier alpha value is -5.19. The van der Waals surface area contributed by atoms with Crippen molar-refractivity contribution in [1.82, 2.24) is 20.0 Å². The summed E-state index contributed by atoms with van der Waals surface area (Å²) in [6.07, 6.45) is 7.74. The van der Waals surface area contributed by atoms with Gasteiger partial charge in [0.25, 0.3) is 0 Å². The van der Waals surface area contributed by atoms with Gasteiger partial charge in [0.2, 0.25) is 0 Å². The molecule has 0 fully saturated rings. The van der Waals surface area contributed by atoms with Crippen molar-refractivity contribution in [2.24, 2.45) is 9.98 Å². The van der Waals surface area contributed by atoms with Crippen LogP contribution in [-0.4, -0.2) is 66.5 Å². The molecule has 0 saturated heterocycles. The van der Waals surface area contributed by atoms with Crippen LogP contribution in [0.2, 0.25) is 0 Å². The number of hydrogen-bond acceptors (Lipinski definition) is 10. The van der Waals surface area contributed by atoms with Crippen molar-refractivity contribution in [3.8, 4) is 0 Å². The highest BCUT2D eigenvalue weighted by atomic mass is 16.7. The Bertz CT molecular complexity index is 1910. The van der Waals surface area contributed by atoms with Crippen LogP contribution in [0.3, 0.4) is 0 Å². The number of hydrogen-bond donors (Lipinski definition) is 0. The van der Waals surface area contributed by atoms with E-state index in [-0.39, 0.29) is 5.92 Å². The van der Waals surface area contributed by atoms with Gasteiger partial charge in [-0.15, -0.1) is 0 Å². The van der Waals surface area contributed by atoms with Crippen LogP contribution < -0.4 is 9.80 Å². The zero-order valence-corrected chi connectivity index (χ0v) is 28.7. The fourth-order valence-corrected chi connectivity index (χ4v) is 6.66. The molecule has 1 unspecified atom stereocenters. The average Bonchev–Trinajstić information content (AvgIpc) is 3.76. The molecule has 10 nitrogen and oxygen atoms in total. The molecule has 8 rings (SSSR count). The van der Waals surface area contributed by atoms with Crippen molar-refractivity contribution in [3.63, 3.8) is 0 Å². The molecule has 0 aliphatic carbocycles. The summed E-state index contributed by atoms with van der Waals surface area (Å²) in [6, 6.07) is 21.0. The average molecular weight is 643 g/mol. The van der Waals surface area contributed by atoms with Gasteiger partial charge in [0.1, 0.15) is 30.5 Å². The molecule has 1 aromatic heterocycles. The maximum absolute atomic E-state index is 5.37. The van der Waals surface area contributed by atoms with Gasteiger partial charge < -0.3 is 14.7 Å². The molecule has 0 spiro atoms. The lowest BCUT2D eigenvalue weighted by atomic mass is 9.92. The zero-order chi connectivity index (χ0) is 33.5. The minimum absolute atomic E-state index is 0.227. The molecular weight excluding hydrogens is 600 g/mol. The summed E-state index contributed by atoms with van der Waals surface area (Å²) in [5.41, 5.74) is 12.6. The molecular formula is C38H42N8O2. The molecule has 6 heterocycles. The molecule has 1 atom stereocenters. The number of anilines is 2. The lowest BCUT2D eigenvalue weighted by Gasteiger charge is -2.40. The standard InChI is InChI=1S/C20H22N4O.C18H20N4O/c1-13-14(2)19-20(24-12-23(25-4)11-17(24)10-21-19)22-18(13)15(3)16-8-6-5-7-9-16;1-13-10-21(15-7-5-4-6-8-15)18-17(14(13)2)19-9-16-11-20(23-3)12-22(16)18/h5-11,15H,12H2,1-4H3;4-9,11H,10,12H2,1-3H3. The summed E-state index contributed by atoms with van der Waals surface area (Å²) in [5, 5.41) is 3.61. The second-order valence-corrected chi connectivity index (χ2v) is 12.5. The first kappa shape index (κ1) is 31.4. The van der Waals surface area contributed by atoms with Gasteiger partial charge in [-0.3, -0.25) is 19.7 Å².